The van der Waals surface area contributed by atoms with Gasteiger partial charge in [0.25, 0.3) is 0 Å². The first-order valence-electron chi connectivity index (χ1n) is 3.01. The van der Waals surface area contributed by atoms with Crippen LogP contribution in [0.5, 0.6) is 0 Å². The van der Waals surface area contributed by atoms with Crippen LogP contribution in [0.4, 0.5) is 0 Å². The summed E-state index contributed by atoms with van der Waals surface area (Å²) in [6.45, 7) is 0.589. The van der Waals surface area contributed by atoms with Crippen molar-refractivity contribution in [3.8, 4) is 0 Å². The lowest BCUT2D eigenvalue weighted by atomic mass is 10.3. The topological polar surface area (TPSA) is 24.7 Å². The predicted molar refractivity (Wildman–Crippen MR) is 41.3 cm³/mol. The van der Waals surface area contributed by atoms with Crippen LogP contribution < -0.4 is 10.7 Å². The monoisotopic (exact) mass is 196 g/mol. The Morgan fingerprint density at radius 1 is 1.20 bits per heavy atom. The fourth-order valence-electron chi connectivity index (χ4n) is 0.945. The summed E-state index contributed by atoms with van der Waals surface area (Å²) in [5.41, 5.74) is 0. The number of hydrogen-bond acceptors (Lipinski definition) is 2. The Hall–Kier alpha value is -0.700. The molecule has 1 aromatic rings. The van der Waals surface area contributed by atoms with Crippen LogP contribution in [-0.2, 0) is 0 Å². The van der Waals surface area contributed by atoms with Gasteiger partial charge in [-0.3, -0.25) is 9.98 Å². The van der Waals surface area contributed by atoms with Crippen molar-refractivity contribution in [2.75, 3.05) is 6.67 Å². The highest BCUT2D eigenvalue weighted by atomic mass is 79.9. The first kappa shape index (κ1) is 6.04. The predicted octanol–water partition coefficient (Wildman–Crippen LogP) is 0.659. The molecule has 0 atom stereocenters. The van der Waals surface area contributed by atoms with Crippen LogP contribution in [0.15, 0.2) is 32.7 Å². The Balaban J connectivity index is 2.88. The Kier molecular flexibility index (Phi) is 1.31. The van der Waals surface area contributed by atoms with E-state index in [2.05, 4.69) is 25.9 Å². The van der Waals surface area contributed by atoms with Gasteiger partial charge in [-0.2, -0.15) is 0 Å². The molecule has 1 aliphatic heterocycles. The number of fused-ring (bicyclic) bond motifs is 1. The third-order valence-corrected chi connectivity index (χ3v) is 1.91. The highest BCUT2D eigenvalue weighted by Gasteiger charge is 1.94. The molecular weight excluding hydrogens is 192 g/mol. The molecule has 2 nitrogen and oxygen atoms in total. The number of hydrogen-bond donors (Lipinski definition) is 0. The zero-order valence-corrected chi connectivity index (χ0v) is 6.80. The van der Waals surface area contributed by atoms with Gasteiger partial charge in [-0.25, -0.2) is 0 Å². The zero-order chi connectivity index (χ0) is 6.97. The van der Waals surface area contributed by atoms with Gasteiger partial charge in [-0.1, -0.05) is 15.9 Å². The molecular formula is C7H5BrN2. The summed E-state index contributed by atoms with van der Waals surface area (Å²) in [7, 11) is 0. The van der Waals surface area contributed by atoms with Crippen LogP contribution >= 0.6 is 15.9 Å². The fraction of sp³-hybridized carbons (Fsp3) is 0.143. The van der Waals surface area contributed by atoms with E-state index in [0.29, 0.717) is 6.67 Å². The Morgan fingerprint density at radius 2 is 2.00 bits per heavy atom. The lowest BCUT2D eigenvalue weighted by Crippen LogP contribution is -2.20. The minimum Gasteiger partial charge on any atom is -0.260 e. The molecule has 0 saturated heterocycles. The normalized spacial score (nSPS) is 13.7. The summed E-state index contributed by atoms with van der Waals surface area (Å²) < 4.78 is 1.06. The highest BCUT2D eigenvalue weighted by molar-refractivity contribution is 9.10. The van der Waals surface area contributed by atoms with Crippen LogP contribution in [-0.4, -0.2) is 6.67 Å². The van der Waals surface area contributed by atoms with E-state index in [9.17, 15) is 0 Å². The summed E-state index contributed by atoms with van der Waals surface area (Å²) in [5.74, 6) is 0. The molecule has 0 aliphatic carbocycles. The first-order valence-corrected chi connectivity index (χ1v) is 3.80. The third-order valence-electron chi connectivity index (χ3n) is 1.42. The quantitative estimate of drug-likeness (QED) is 0.583. The number of benzene rings is 1. The van der Waals surface area contributed by atoms with Crippen molar-refractivity contribution in [3.63, 3.8) is 0 Å². The summed E-state index contributed by atoms with van der Waals surface area (Å²) in [6, 6.07) is 5.92. The van der Waals surface area contributed by atoms with E-state index in [1.54, 1.807) is 0 Å². The van der Waals surface area contributed by atoms with Gasteiger partial charge in [-0.05, 0) is 18.2 Å². The summed E-state index contributed by atoms with van der Waals surface area (Å²) in [6.07, 6.45) is 0. The van der Waals surface area contributed by atoms with Crippen molar-refractivity contribution < 1.29 is 0 Å². The molecule has 0 fully saturated rings. The van der Waals surface area contributed by atoms with Crippen LogP contribution in [0.1, 0.15) is 0 Å². The number of halogens is 1. The summed E-state index contributed by atoms with van der Waals surface area (Å²) in [5, 5.41) is 2.00. The van der Waals surface area contributed by atoms with E-state index in [0.717, 1.165) is 15.2 Å². The van der Waals surface area contributed by atoms with Crippen LogP contribution in [0.25, 0.3) is 0 Å². The SMILES string of the molecule is Brc1ccc2c(c1)=NCN=2. The second-order valence-corrected chi connectivity index (χ2v) is 3.01. The van der Waals surface area contributed by atoms with Gasteiger partial charge in [0, 0.05) is 4.47 Å². The molecule has 50 valence electrons. The number of rotatable bonds is 0. The largest absolute Gasteiger partial charge is 0.260 e. The van der Waals surface area contributed by atoms with Crippen molar-refractivity contribution in [1.82, 2.24) is 0 Å². The van der Waals surface area contributed by atoms with Crippen LogP contribution in [0.3, 0.4) is 0 Å². The molecule has 10 heavy (non-hydrogen) atoms. The zero-order valence-electron chi connectivity index (χ0n) is 5.21. The van der Waals surface area contributed by atoms with Gasteiger partial charge in [-0.15, -0.1) is 0 Å². The standard InChI is InChI=1S/C7H5BrN2/c8-5-1-2-6-7(3-5)10-4-9-6/h1-3H,4H2. The molecule has 0 amide bonds. The second kappa shape index (κ2) is 2.16. The van der Waals surface area contributed by atoms with Crippen molar-refractivity contribution in [1.29, 1.82) is 0 Å². The van der Waals surface area contributed by atoms with Gasteiger partial charge >= 0.3 is 0 Å². The maximum atomic E-state index is 4.16. The van der Waals surface area contributed by atoms with Crippen molar-refractivity contribution in [2.24, 2.45) is 9.98 Å². The molecule has 1 aliphatic rings. The van der Waals surface area contributed by atoms with E-state index in [1.807, 2.05) is 18.2 Å². The van der Waals surface area contributed by atoms with Gasteiger partial charge in [0.1, 0.15) is 6.67 Å². The van der Waals surface area contributed by atoms with Crippen molar-refractivity contribution >= 4 is 15.9 Å². The summed E-state index contributed by atoms with van der Waals surface area (Å²) >= 11 is 3.36. The van der Waals surface area contributed by atoms with Crippen LogP contribution in [0.2, 0.25) is 0 Å². The molecule has 0 bridgehead atoms. The lowest BCUT2D eigenvalue weighted by Gasteiger charge is -1.83. The van der Waals surface area contributed by atoms with Crippen molar-refractivity contribution in [3.05, 3.63) is 33.4 Å². The smallest absolute Gasteiger partial charge is 0.130 e. The Bertz CT molecular complexity index is 370. The molecule has 0 saturated carbocycles. The molecule has 1 heterocycles. The van der Waals surface area contributed by atoms with E-state index in [-0.39, 0.29) is 0 Å². The van der Waals surface area contributed by atoms with E-state index >= 15 is 0 Å². The summed E-state index contributed by atoms with van der Waals surface area (Å²) in [4.78, 5) is 8.32. The molecule has 0 aromatic heterocycles. The highest BCUT2D eigenvalue weighted by Crippen LogP contribution is 2.02. The maximum absolute atomic E-state index is 4.16. The number of nitrogens with zero attached hydrogens (tertiary/aromatic N) is 2. The fourth-order valence-corrected chi connectivity index (χ4v) is 1.29. The van der Waals surface area contributed by atoms with Crippen molar-refractivity contribution in [2.45, 2.75) is 0 Å². The average molecular weight is 197 g/mol. The van der Waals surface area contributed by atoms with E-state index in [4.69, 9.17) is 0 Å². The minimum absolute atomic E-state index is 0.589. The molecule has 1 aromatic carbocycles. The van der Waals surface area contributed by atoms with Gasteiger partial charge in [0.15, 0.2) is 0 Å². The molecule has 0 unspecified atom stereocenters. The van der Waals surface area contributed by atoms with E-state index < -0.39 is 0 Å². The molecule has 2 rings (SSSR count). The third kappa shape index (κ3) is 0.865. The lowest BCUT2D eigenvalue weighted by molar-refractivity contribution is 1.06. The first-order chi connectivity index (χ1) is 4.86. The minimum atomic E-state index is 0.589. The van der Waals surface area contributed by atoms with Gasteiger partial charge in [0.05, 0.1) is 10.7 Å². The van der Waals surface area contributed by atoms with E-state index in [1.165, 1.54) is 0 Å². The molecule has 0 N–H and O–H groups in total. The average Bonchev–Trinajstić information content (AvgIpc) is 2.33. The molecule has 0 spiro atoms. The second-order valence-electron chi connectivity index (χ2n) is 2.09. The maximum Gasteiger partial charge on any atom is 0.130 e. The molecule has 3 heteroatoms. The molecule has 0 radical (unpaired) electrons. The van der Waals surface area contributed by atoms with Crippen LogP contribution in [0, 0.1) is 0 Å². The Morgan fingerprint density at radius 3 is 2.90 bits per heavy atom. The van der Waals surface area contributed by atoms with Gasteiger partial charge in [0.2, 0.25) is 0 Å². The Labute approximate surface area is 66.4 Å². The van der Waals surface area contributed by atoms with Gasteiger partial charge < -0.3 is 0 Å².